The maximum absolute atomic E-state index is 11.4. The van der Waals surface area contributed by atoms with E-state index in [0.717, 1.165) is 32.0 Å². The summed E-state index contributed by atoms with van der Waals surface area (Å²) >= 11 is 0. The van der Waals surface area contributed by atoms with E-state index < -0.39 is 5.60 Å². The fraction of sp³-hybridized carbons (Fsp3) is 0.875. The van der Waals surface area contributed by atoms with Gasteiger partial charge in [0.05, 0.1) is 0 Å². The fourth-order valence-corrected chi connectivity index (χ4v) is 2.41. The van der Waals surface area contributed by atoms with Crippen molar-refractivity contribution < 1.29 is 9.53 Å². The second-order valence-electron chi connectivity index (χ2n) is 7.25. The highest BCUT2D eigenvalue weighted by Gasteiger charge is 2.26. The van der Waals surface area contributed by atoms with Crippen LogP contribution in [0.2, 0.25) is 0 Å². The maximum atomic E-state index is 11.4. The number of rotatable bonds is 8. The number of nitrogens with one attached hydrogen (secondary N) is 2. The van der Waals surface area contributed by atoms with Crippen LogP contribution >= 0.6 is 0 Å². The molecule has 0 atom stereocenters. The first kappa shape index (κ1) is 18.2. The summed E-state index contributed by atoms with van der Waals surface area (Å²) in [6, 6.07) is 0. The summed E-state index contributed by atoms with van der Waals surface area (Å²) < 4.78 is 5.17. The van der Waals surface area contributed by atoms with E-state index in [-0.39, 0.29) is 6.09 Å². The second kappa shape index (κ2) is 8.59. The van der Waals surface area contributed by atoms with Crippen LogP contribution in [0.4, 0.5) is 4.79 Å². The monoisotopic (exact) mass is 298 g/mol. The van der Waals surface area contributed by atoms with Crippen molar-refractivity contribution in [2.24, 2.45) is 5.92 Å². The number of amides is 1. The molecule has 0 saturated carbocycles. The predicted molar refractivity (Wildman–Crippen MR) is 86.2 cm³/mol. The molecule has 5 nitrogen and oxygen atoms in total. The smallest absolute Gasteiger partial charge is 0.407 e. The summed E-state index contributed by atoms with van der Waals surface area (Å²) in [6.07, 6.45) is 0.598. The van der Waals surface area contributed by atoms with E-state index in [1.54, 1.807) is 0 Å². The standard InChI is InChI=1S/C16H32N3O2/c1-13(2)10-19-11-14(12-19)9-17-7-6-8-18-15(20)21-16(3,4)5/h14,17H,6-12H2,1-5H3,(H,18,20). The summed E-state index contributed by atoms with van der Waals surface area (Å²) in [5, 5.41) is 6.23. The molecule has 0 aromatic rings. The van der Waals surface area contributed by atoms with Crippen molar-refractivity contribution >= 4 is 6.09 Å². The number of nitrogens with zero attached hydrogens (tertiary/aromatic N) is 1. The normalized spacial score (nSPS) is 16.9. The van der Waals surface area contributed by atoms with Gasteiger partial charge in [-0.05, 0) is 45.6 Å². The van der Waals surface area contributed by atoms with Gasteiger partial charge in [-0.1, -0.05) is 13.8 Å². The minimum absolute atomic E-state index is 0.330. The molecule has 1 amide bonds. The van der Waals surface area contributed by atoms with E-state index in [0.29, 0.717) is 6.54 Å². The quantitative estimate of drug-likeness (QED) is 0.673. The number of ether oxygens (including phenoxy) is 1. The molecular weight excluding hydrogens is 266 g/mol. The van der Waals surface area contributed by atoms with Crippen LogP contribution in [0.1, 0.15) is 41.0 Å². The Hall–Kier alpha value is -0.810. The average Bonchev–Trinajstić information content (AvgIpc) is 2.26. The summed E-state index contributed by atoms with van der Waals surface area (Å²) in [5.74, 6) is 2.26. The maximum Gasteiger partial charge on any atom is 0.407 e. The van der Waals surface area contributed by atoms with Gasteiger partial charge in [0.1, 0.15) is 5.60 Å². The molecule has 0 aromatic carbocycles. The Bertz CT molecular complexity index is 307. The molecule has 0 bridgehead atoms. The molecular formula is C16H32N3O2. The third-order valence-electron chi connectivity index (χ3n) is 3.20. The van der Waals surface area contributed by atoms with E-state index in [1.165, 1.54) is 19.0 Å². The van der Waals surface area contributed by atoms with Crippen molar-refractivity contribution in [3.05, 3.63) is 5.92 Å². The molecule has 1 aliphatic rings. The zero-order valence-corrected chi connectivity index (χ0v) is 14.3. The Morgan fingerprint density at radius 1 is 1.24 bits per heavy atom. The molecule has 1 heterocycles. The molecule has 5 heteroatoms. The molecule has 0 spiro atoms. The Labute approximate surface area is 129 Å². The zero-order chi connectivity index (χ0) is 15.9. The van der Waals surface area contributed by atoms with E-state index in [1.807, 2.05) is 20.8 Å². The summed E-state index contributed by atoms with van der Waals surface area (Å²) in [7, 11) is 0. The summed E-state index contributed by atoms with van der Waals surface area (Å²) in [4.78, 5) is 13.9. The number of alkyl carbamates (subject to hydrolysis) is 1. The predicted octanol–water partition coefficient (Wildman–Crippen LogP) is 2.04. The van der Waals surface area contributed by atoms with Gasteiger partial charge in [0.2, 0.25) is 0 Å². The van der Waals surface area contributed by atoms with Gasteiger partial charge in [-0.2, -0.15) is 0 Å². The van der Waals surface area contributed by atoms with Crippen molar-refractivity contribution in [2.45, 2.75) is 46.6 Å². The summed E-state index contributed by atoms with van der Waals surface area (Å²) in [6.45, 7) is 16.2. The van der Waals surface area contributed by atoms with Crippen LogP contribution in [-0.4, -0.2) is 55.9 Å². The second-order valence-corrected chi connectivity index (χ2v) is 7.25. The molecule has 1 fully saturated rings. The molecule has 1 saturated heterocycles. The van der Waals surface area contributed by atoms with Crippen molar-refractivity contribution in [2.75, 3.05) is 39.3 Å². The van der Waals surface area contributed by atoms with Crippen LogP contribution in [0.25, 0.3) is 0 Å². The van der Waals surface area contributed by atoms with E-state index in [4.69, 9.17) is 4.74 Å². The van der Waals surface area contributed by atoms with Crippen LogP contribution < -0.4 is 10.6 Å². The van der Waals surface area contributed by atoms with Gasteiger partial charge in [0.15, 0.2) is 0 Å². The van der Waals surface area contributed by atoms with Gasteiger partial charge in [-0.15, -0.1) is 0 Å². The molecule has 0 unspecified atom stereocenters. The first-order chi connectivity index (χ1) is 9.76. The first-order valence-electron chi connectivity index (χ1n) is 7.95. The van der Waals surface area contributed by atoms with Crippen LogP contribution in [0, 0.1) is 11.8 Å². The van der Waals surface area contributed by atoms with E-state index >= 15 is 0 Å². The third-order valence-corrected chi connectivity index (χ3v) is 3.20. The molecule has 0 aliphatic carbocycles. The van der Waals surface area contributed by atoms with Gasteiger partial charge in [0, 0.05) is 32.7 Å². The lowest BCUT2D eigenvalue weighted by atomic mass is 9.98. The number of carbonyl (C=O) groups is 1. The van der Waals surface area contributed by atoms with Gasteiger partial charge < -0.3 is 20.3 Å². The van der Waals surface area contributed by atoms with Crippen molar-refractivity contribution in [1.82, 2.24) is 15.5 Å². The molecule has 0 aromatic heterocycles. The number of hydrogen-bond acceptors (Lipinski definition) is 4. The van der Waals surface area contributed by atoms with E-state index in [2.05, 4.69) is 29.4 Å². The SMILES string of the molecule is C[C](C)CN1CC(CNCCCNC(=O)OC(C)(C)C)C1. The lowest BCUT2D eigenvalue weighted by Crippen LogP contribution is -2.51. The average molecular weight is 298 g/mol. The molecule has 123 valence electrons. The molecule has 1 aliphatic heterocycles. The molecule has 1 rings (SSSR count). The first-order valence-corrected chi connectivity index (χ1v) is 7.95. The number of likely N-dealkylation sites (tertiary alicyclic amines) is 1. The van der Waals surface area contributed by atoms with Crippen molar-refractivity contribution in [1.29, 1.82) is 0 Å². The molecule has 1 radical (unpaired) electrons. The Balaban J connectivity index is 1.89. The Morgan fingerprint density at radius 2 is 1.90 bits per heavy atom. The summed E-state index contributed by atoms with van der Waals surface area (Å²) in [5.41, 5.74) is -0.424. The minimum atomic E-state index is -0.424. The molecule has 21 heavy (non-hydrogen) atoms. The lowest BCUT2D eigenvalue weighted by Gasteiger charge is -2.40. The highest BCUT2D eigenvalue weighted by Crippen LogP contribution is 2.16. The van der Waals surface area contributed by atoms with Crippen molar-refractivity contribution in [3.63, 3.8) is 0 Å². The Kier molecular flexibility index (Phi) is 7.46. The third kappa shape index (κ3) is 8.94. The van der Waals surface area contributed by atoms with Crippen LogP contribution in [0.5, 0.6) is 0 Å². The van der Waals surface area contributed by atoms with Gasteiger partial charge in [0.25, 0.3) is 0 Å². The number of carbonyl (C=O) groups excluding carboxylic acids is 1. The molecule has 2 N–H and O–H groups in total. The number of hydrogen-bond donors (Lipinski definition) is 2. The van der Waals surface area contributed by atoms with Crippen LogP contribution in [0.15, 0.2) is 0 Å². The zero-order valence-electron chi connectivity index (χ0n) is 14.3. The Morgan fingerprint density at radius 3 is 2.48 bits per heavy atom. The topological polar surface area (TPSA) is 53.6 Å². The van der Waals surface area contributed by atoms with Gasteiger partial charge >= 0.3 is 6.09 Å². The van der Waals surface area contributed by atoms with Crippen molar-refractivity contribution in [3.8, 4) is 0 Å². The fourth-order valence-electron chi connectivity index (χ4n) is 2.41. The highest BCUT2D eigenvalue weighted by molar-refractivity contribution is 5.67. The minimum Gasteiger partial charge on any atom is -0.444 e. The highest BCUT2D eigenvalue weighted by atomic mass is 16.6. The van der Waals surface area contributed by atoms with Crippen LogP contribution in [0.3, 0.4) is 0 Å². The van der Waals surface area contributed by atoms with E-state index in [9.17, 15) is 4.79 Å². The van der Waals surface area contributed by atoms with Gasteiger partial charge in [-0.3, -0.25) is 0 Å². The largest absolute Gasteiger partial charge is 0.444 e. The van der Waals surface area contributed by atoms with Crippen LogP contribution in [-0.2, 0) is 4.74 Å². The lowest BCUT2D eigenvalue weighted by molar-refractivity contribution is 0.0527. The van der Waals surface area contributed by atoms with Gasteiger partial charge in [-0.25, -0.2) is 4.79 Å².